The largest absolute Gasteiger partial charge is 0.388 e. The molecule has 3 aromatic rings. The summed E-state index contributed by atoms with van der Waals surface area (Å²) in [5.41, 5.74) is 1.94. The van der Waals surface area contributed by atoms with Crippen molar-refractivity contribution in [2.24, 2.45) is 0 Å². The van der Waals surface area contributed by atoms with Crippen molar-refractivity contribution in [1.82, 2.24) is 4.98 Å². The van der Waals surface area contributed by atoms with E-state index in [0.717, 1.165) is 16.5 Å². The smallest absolute Gasteiger partial charge is 0.126 e. The van der Waals surface area contributed by atoms with Gasteiger partial charge in [0.2, 0.25) is 0 Å². The molecule has 0 amide bonds. The summed E-state index contributed by atoms with van der Waals surface area (Å²) in [4.78, 5) is 4.26. The number of nitrogens with zero attached hydrogens (tertiary/aromatic N) is 1. The van der Waals surface area contributed by atoms with E-state index in [4.69, 9.17) is 11.6 Å². The number of aliphatic hydroxyl groups excluding tert-OH is 1. The van der Waals surface area contributed by atoms with Crippen molar-refractivity contribution < 1.29 is 9.50 Å². The van der Waals surface area contributed by atoms with Crippen LogP contribution in [0.15, 0.2) is 54.7 Å². The van der Waals surface area contributed by atoms with Crippen molar-refractivity contribution >= 4 is 22.5 Å². The minimum atomic E-state index is -0.814. The van der Waals surface area contributed by atoms with Gasteiger partial charge >= 0.3 is 0 Å². The molecule has 1 unspecified atom stereocenters. The van der Waals surface area contributed by atoms with Crippen molar-refractivity contribution in [3.8, 4) is 0 Å². The summed E-state index contributed by atoms with van der Waals surface area (Å²) < 4.78 is 13.8. The second kappa shape index (κ2) is 5.80. The van der Waals surface area contributed by atoms with Gasteiger partial charge in [0.1, 0.15) is 5.82 Å². The van der Waals surface area contributed by atoms with Crippen LogP contribution in [0.2, 0.25) is 5.02 Å². The molecule has 0 fully saturated rings. The maximum absolute atomic E-state index is 13.8. The molecule has 1 aromatic heterocycles. The molecule has 0 aliphatic heterocycles. The predicted molar refractivity (Wildman–Crippen MR) is 81.8 cm³/mol. The molecule has 0 spiro atoms. The summed E-state index contributed by atoms with van der Waals surface area (Å²) in [5.74, 6) is -0.364. The number of benzene rings is 2. The van der Waals surface area contributed by atoms with E-state index in [1.807, 2.05) is 24.3 Å². The average molecular weight is 302 g/mol. The minimum Gasteiger partial charge on any atom is -0.388 e. The molecule has 2 aromatic carbocycles. The van der Waals surface area contributed by atoms with Gasteiger partial charge in [-0.1, -0.05) is 29.8 Å². The fourth-order valence-electron chi connectivity index (χ4n) is 2.43. The number of aliphatic hydroxyl groups is 1. The van der Waals surface area contributed by atoms with Crippen LogP contribution in [0.5, 0.6) is 0 Å². The molecule has 1 atom stereocenters. The van der Waals surface area contributed by atoms with Crippen LogP contribution in [0.3, 0.4) is 0 Å². The van der Waals surface area contributed by atoms with Crippen LogP contribution >= 0.6 is 11.6 Å². The first-order valence-corrected chi connectivity index (χ1v) is 6.98. The summed E-state index contributed by atoms with van der Waals surface area (Å²) in [6.45, 7) is 0. The molecule has 0 saturated heterocycles. The van der Waals surface area contributed by atoms with Gasteiger partial charge in [0, 0.05) is 23.0 Å². The van der Waals surface area contributed by atoms with Crippen molar-refractivity contribution in [3.05, 3.63) is 76.7 Å². The molecule has 1 heterocycles. The van der Waals surface area contributed by atoms with Crippen LogP contribution in [-0.4, -0.2) is 10.1 Å². The zero-order chi connectivity index (χ0) is 14.8. The Balaban J connectivity index is 1.97. The van der Waals surface area contributed by atoms with Gasteiger partial charge in [0.25, 0.3) is 0 Å². The Morgan fingerprint density at radius 3 is 2.81 bits per heavy atom. The number of aromatic nitrogens is 1. The zero-order valence-corrected chi connectivity index (χ0v) is 11.9. The molecule has 4 heteroatoms. The first-order chi connectivity index (χ1) is 10.1. The molecular formula is C17H13ClFNO. The maximum Gasteiger partial charge on any atom is 0.126 e. The van der Waals surface area contributed by atoms with Gasteiger partial charge in [-0.25, -0.2) is 4.39 Å². The van der Waals surface area contributed by atoms with Crippen LogP contribution in [-0.2, 0) is 6.42 Å². The Morgan fingerprint density at radius 1 is 1.14 bits per heavy atom. The van der Waals surface area contributed by atoms with E-state index in [9.17, 15) is 9.50 Å². The predicted octanol–water partition coefficient (Wildman–Crippen LogP) is 4.30. The lowest BCUT2D eigenvalue weighted by atomic mass is 9.98. The van der Waals surface area contributed by atoms with Gasteiger partial charge in [-0.15, -0.1) is 0 Å². The Labute approximate surface area is 126 Å². The van der Waals surface area contributed by atoms with E-state index >= 15 is 0 Å². The fraction of sp³-hybridized carbons (Fsp3) is 0.118. The second-order valence-corrected chi connectivity index (χ2v) is 5.31. The lowest BCUT2D eigenvalue weighted by molar-refractivity contribution is 0.178. The van der Waals surface area contributed by atoms with Crippen molar-refractivity contribution in [2.45, 2.75) is 12.5 Å². The van der Waals surface area contributed by atoms with Gasteiger partial charge in [-0.3, -0.25) is 4.98 Å². The number of rotatable bonds is 3. The molecule has 1 N–H and O–H groups in total. The molecule has 21 heavy (non-hydrogen) atoms. The summed E-state index contributed by atoms with van der Waals surface area (Å²) >= 11 is 5.88. The second-order valence-electron chi connectivity index (χ2n) is 4.87. The third kappa shape index (κ3) is 2.89. The highest BCUT2D eigenvalue weighted by Gasteiger charge is 2.14. The topological polar surface area (TPSA) is 33.1 Å². The van der Waals surface area contributed by atoms with Crippen LogP contribution in [0.4, 0.5) is 4.39 Å². The van der Waals surface area contributed by atoms with E-state index in [2.05, 4.69) is 4.98 Å². The number of pyridine rings is 1. The van der Waals surface area contributed by atoms with Gasteiger partial charge in [-0.05, 0) is 41.5 Å². The Bertz CT molecular complexity index is 785. The van der Waals surface area contributed by atoms with Crippen molar-refractivity contribution in [2.75, 3.05) is 0 Å². The fourth-order valence-corrected chi connectivity index (χ4v) is 2.62. The molecule has 2 nitrogen and oxygen atoms in total. The van der Waals surface area contributed by atoms with E-state index < -0.39 is 6.10 Å². The minimum absolute atomic E-state index is 0.167. The Morgan fingerprint density at radius 2 is 1.95 bits per heavy atom. The number of para-hydroxylation sites is 1. The molecule has 106 valence electrons. The lowest BCUT2D eigenvalue weighted by Gasteiger charge is -2.14. The van der Waals surface area contributed by atoms with Gasteiger partial charge in [0.05, 0.1) is 11.6 Å². The van der Waals surface area contributed by atoms with Gasteiger partial charge < -0.3 is 5.11 Å². The number of hydrogen-bond acceptors (Lipinski definition) is 2. The highest BCUT2D eigenvalue weighted by atomic mass is 35.5. The zero-order valence-electron chi connectivity index (χ0n) is 11.1. The normalized spacial score (nSPS) is 12.5. The third-order valence-corrected chi connectivity index (χ3v) is 3.70. The van der Waals surface area contributed by atoms with Crippen molar-refractivity contribution in [1.29, 1.82) is 0 Å². The lowest BCUT2D eigenvalue weighted by Crippen LogP contribution is -2.04. The first kappa shape index (κ1) is 14.0. The SMILES string of the molecule is OC(Cc1cc(Cl)ccc1F)c1ccnc2ccccc12. The standard InChI is InChI=1S/C17H13ClFNO/c18-12-5-6-15(19)11(9-12)10-17(21)14-7-8-20-16-4-2-1-3-13(14)16/h1-9,17,21H,10H2. The average Bonchev–Trinajstić information content (AvgIpc) is 2.50. The molecular weight excluding hydrogens is 289 g/mol. The molecule has 0 radical (unpaired) electrons. The van der Waals surface area contributed by atoms with Gasteiger partial charge in [-0.2, -0.15) is 0 Å². The van der Waals surface area contributed by atoms with E-state index in [1.54, 1.807) is 18.3 Å². The molecule has 0 bridgehead atoms. The van der Waals surface area contributed by atoms with Gasteiger partial charge in [0.15, 0.2) is 0 Å². The van der Waals surface area contributed by atoms with E-state index in [1.165, 1.54) is 12.1 Å². The highest BCUT2D eigenvalue weighted by molar-refractivity contribution is 6.30. The molecule has 0 aliphatic carbocycles. The Hall–Kier alpha value is -1.97. The van der Waals surface area contributed by atoms with E-state index in [-0.39, 0.29) is 12.2 Å². The van der Waals surface area contributed by atoms with Crippen LogP contribution in [0, 0.1) is 5.82 Å². The van der Waals surface area contributed by atoms with Crippen LogP contribution in [0.1, 0.15) is 17.2 Å². The molecule has 0 saturated carbocycles. The highest BCUT2D eigenvalue weighted by Crippen LogP contribution is 2.27. The Kier molecular flexibility index (Phi) is 3.86. The summed E-state index contributed by atoms with van der Waals surface area (Å²) in [5, 5.41) is 11.8. The van der Waals surface area contributed by atoms with Crippen molar-refractivity contribution in [3.63, 3.8) is 0 Å². The van der Waals surface area contributed by atoms with Crippen LogP contribution in [0.25, 0.3) is 10.9 Å². The number of fused-ring (bicyclic) bond motifs is 1. The maximum atomic E-state index is 13.8. The first-order valence-electron chi connectivity index (χ1n) is 6.61. The quantitative estimate of drug-likeness (QED) is 0.782. The molecule has 0 aliphatic rings. The molecule has 3 rings (SSSR count). The number of hydrogen-bond donors (Lipinski definition) is 1. The third-order valence-electron chi connectivity index (χ3n) is 3.46. The number of halogens is 2. The van der Waals surface area contributed by atoms with E-state index in [0.29, 0.717) is 10.6 Å². The summed E-state index contributed by atoms with van der Waals surface area (Å²) in [6, 6.07) is 13.7. The summed E-state index contributed by atoms with van der Waals surface area (Å²) in [7, 11) is 0. The summed E-state index contributed by atoms with van der Waals surface area (Å²) in [6.07, 6.45) is 1.00. The van der Waals surface area contributed by atoms with Crippen LogP contribution < -0.4 is 0 Å². The monoisotopic (exact) mass is 301 g/mol.